The van der Waals surface area contributed by atoms with Gasteiger partial charge in [0.1, 0.15) is 5.78 Å². The van der Waals surface area contributed by atoms with Gasteiger partial charge in [-0.05, 0) is 45.4 Å². The van der Waals surface area contributed by atoms with Crippen molar-refractivity contribution in [2.24, 2.45) is 17.8 Å². The van der Waals surface area contributed by atoms with Crippen LogP contribution in [0.4, 0.5) is 0 Å². The Morgan fingerprint density at radius 1 is 0.939 bits per heavy atom. The Morgan fingerprint density at radius 2 is 1.55 bits per heavy atom. The van der Waals surface area contributed by atoms with Gasteiger partial charge in [-0.1, -0.05) is 34.1 Å². The molecule has 0 spiro atoms. The van der Waals surface area contributed by atoms with Gasteiger partial charge in [-0.3, -0.25) is 14.4 Å². The van der Waals surface area contributed by atoms with Crippen molar-refractivity contribution in [2.75, 3.05) is 33.0 Å². The zero-order valence-corrected chi connectivity index (χ0v) is 21.9. The summed E-state index contributed by atoms with van der Waals surface area (Å²) in [7, 11) is 0. The molecule has 2 amide bonds. The van der Waals surface area contributed by atoms with E-state index in [2.05, 4.69) is 19.2 Å². The van der Waals surface area contributed by atoms with E-state index >= 15 is 0 Å². The van der Waals surface area contributed by atoms with Crippen molar-refractivity contribution in [3.8, 4) is 0 Å². The number of amides is 2. The second-order valence-electron chi connectivity index (χ2n) is 10.0. The summed E-state index contributed by atoms with van der Waals surface area (Å²) in [5, 5.41) is 3.07. The number of Topliss-reactive ketones (excluding diaryl/α,β-unsaturated/α-hetero) is 1. The van der Waals surface area contributed by atoms with Crippen LogP contribution < -0.4 is 5.32 Å². The van der Waals surface area contributed by atoms with Crippen LogP contribution in [0, 0.1) is 17.8 Å². The third-order valence-corrected chi connectivity index (χ3v) is 6.55. The Bertz CT molecular complexity index is 592. The monoisotopic (exact) mass is 470 g/mol. The molecule has 0 aromatic heterocycles. The maximum atomic E-state index is 12.4. The van der Waals surface area contributed by atoms with E-state index < -0.39 is 0 Å². The number of ether oxygens (including phenoxy) is 2. The van der Waals surface area contributed by atoms with Crippen molar-refractivity contribution in [3.05, 3.63) is 0 Å². The summed E-state index contributed by atoms with van der Waals surface area (Å²) in [6, 6.07) is 0.328. The van der Waals surface area contributed by atoms with Crippen LogP contribution in [0.1, 0.15) is 87.9 Å². The summed E-state index contributed by atoms with van der Waals surface area (Å²) in [4.78, 5) is 38.6. The molecular formula is C26H50N2O5. The highest BCUT2D eigenvalue weighted by Crippen LogP contribution is 2.27. The van der Waals surface area contributed by atoms with Gasteiger partial charge < -0.3 is 19.7 Å². The smallest absolute Gasteiger partial charge is 0.223 e. The number of carbonyl (C=O) groups is 3. The molecule has 0 heterocycles. The molecule has 0 saturated heterocycles. The number of nitrogens with zero attached hydrogens (tertiary/aromatic N) is 1. The van der Waals surface area contributed by atoms with Gasteiger partial charge in [0.2, 0.25) is 11.8 Å². The summed E-state index contributed by atoms with van der Waals surface area (Å²) in [6.07, 6.45) is 5.39. The molecule has 1 unspecified atom stereocenters. The molecule has 0 aromatic rings. The SMILES string of the molecule is CCC(C)CC(=O)N(CCOCCOCCC(=O)NC1CCC(C(=O)C(C)C)CC1)C(C)C.[HH]. The average molecular weight is 471 g/mol. The van der Waals surface area contributed by atoms with Crippen molar-refractivity contribution in [2.45, 2.75) is 98.6 Å². The van der Waals surface area contributed by atoms with Gasteiger partial charge in [-0.2, -0.15) is 0 Å². The number of hydrogen-bond acceptors (Lipinski definition) is 5. The Labute approximate surface area is 202 Å². The highest BCUT2D eigenvalue weighted by Gasteiger charge is 2.28. The van der Waals surface area contributed by atoms with E-state index in [1.807, 2.05) is 32.6 Å². The molecule has 33 heavy (non-hydrogen) atoms. The molecule has 0 bridgehead atoms. The second kappa shape index (κ2) is 16.2. The maximum absolute atomic E-state index is 12.4. The van der Waals surface area contributed by atoms with E-state index in [1.165, 1.54) is 0 Å². The van der Waals surface area contributed by atoms with Crippen molar-refractivity contribution < 1.29 is 25.3 Å². The molecule has 0 aromatic carbocycles. The summed E-state index contributed by atoms with van der Waals surface area (Å²) < 4.78 is 11.1. The van der Waals surface area contributed by atoms with E-state index in [0.29, 0.717) is 57.5 Å². The average Bonchev–Trinajstić information content (AvgIpc) is 2.77. The number of hydrogen-bond donors (Lipinski definition) is 1. The van der Waals surface area contributed by atoms with Crippen molar-refractivity contribution in [1.82, 2.24) is 10.2 Å². The van der Waals surface area contributed by atoms with Gasteiger partial charge in [0.05, 0.1) is 26.4 Å². The Morgan fingerprint density at radius 3 is 2.09 bits per heavy atom. The van der Waals surface area contributed by atoms with Crippen LogP contribution in [0.5, 0.6) is 0 Å². The fraction of sp³-hybridized carbons (Fsp3) is 0.885. The molecule has 1 aliphatic carbocycles. The van der Waals surface area contributed by atoms with Gasteiger partial charge in [-0.15, -0.1) is 0 Å². The third kappa shape index (κ3) is 12.0. The largest absolute Gasteiger partial charge is 0.379 e. The molecule has 1 aliphatic rings. The zero-order chi connectivity index (χ0) is 24.8. The molecule has 0 radical (unpaired) electrons. The highest BCUT2D eigenvalue weighted by atomic mass is 16.5. The number of carbonyl (C=O) groups excluding carboxylic acids is 3. The van der Waals surface area contributed by atoms with Crippen LogP contribution in [0.25, 0.3) is 0 Å². The molecule has 1 atom stereocenters. The minimum Gasteiger partial charge on any atom is -0.379 e. The normalized spacial score (nSPS) is 19.5. The van der Waals surface area contributed by atoms with Gasteiger partial charge in [0.15, 0.2) is 0 Å². The predicted octanol–water partition coefficient (Wildman–Crippen LogP) is 4.23. The van der Waals surface area contributed by atoms with Crippen LogP contribution in [0.15, 0.2) is 0 Å². The van der Waals surface area contributed by atoms with Crippen LogP contribution in [0.2, 0.25) is 0 Å². The summed E-state index contributed by atoms with van der Waals surface area (Å²) >= 11 is 0. The Kier molecular flexibility index (Phi) is 14.5. The molecule has 194 valence electrons. The quantitative estimate of drug-likeness (QED) is 0.341. The molecule has 7 heteroatoms. The van der Waals surface area contributed by atoms with Gasteiger partial charge in [0, 0.05) is 44.7 Å². The van der Waals surface area contributed by atoms with E-state index in [9.17, 15) is 14.4 Å². The van der Waals surface area contributed by atoms with Crippen molar-refractivity contribution >= 4 is 17.6 Å². The van der Waals surface area contributed by atoms with E-state index in [1.54, 1.807) is 0 Å². The molecule has 1 rings (SSSR count). The summed E-state index contributed by atoms with van der Waals surface area (Å²) in [5.74, 6) is 1.19. The predicted molar refractivity (Wildman–Crippen MR) is 133 cm³/mol. The fourth-order valence-electron chi connectivity index (χ4n) is 4.17. The van der Waals surface area contributed by atoms with Crippen molar-refractivity contribution in [3.63, 3.8) is 0 Å². The summed E-state index contributed by atoms with van der Waals surface area (Å²) in [6.45, 7) is 14.5. The standard InChI is InChI=1S/C26H48N2O5.H2/c1-7-21(6)18-25(30)28(20(4)5)13-15-33-17-16-32-14-12-24(29)27-23-10-8-22(9-11-23)26(31)19(2)3;/h19-23H,7-18H2,1-6H3,(H,27,29);1H. The van der Waals surface area contributed by atoms with Crippen LogP contribution >= 0.6 is 0 Å². The van der Waals surface area contributed by atoms with Crippen LogP contribution in [0.3, 0.4) is 0 Å². The molecule has 7 nitrogen and oxygen atoms in total. The topological polar surface area (TPSA) is 84.9 Å². The minimum atomic E-state index is 0. The fourth-order valence-corrected chi connectivity index (χ4v) is 4.17. The lowest BCUT2D eigenvalue weighted by Gasteiger charge is -2.29. The molecule has 1 fully saturated rings. The molecule has 0 aliphatic heterocycles. The van der Waals surface area contributed by atoms with Crippen molar-refractivity contribution in [1.29, 1.82) is 0 Å². The second-order valence-corrected chi connectivity index (χ2v) is 10.0. The number of rotatable bonds is 16. The van der Waals surface area contributed by atoms with Crippen LogP contribution in [-0.2, 0) is 23.9 Å². The molecular weight excluding hydrogens is 420 g/mol. The first kappa shape index (κ1) is 29.6. The maximum Gasteiger partial charge on any atom is 0.223 e. The lowest BCUT2D eigenvalue weighted by Crippen LogP contribution is -2.40. The Balaban J connectivity index is 0.0000109. The lowest BCUT2D eigenvalue weighted by atomic mass is 9.80. The Hall–Kier alpha value is -1.47. The highest BCUT2D eigenvalue weighted by molar-refractivity contribution is 5.83. The summed E-state index contributed by atoms with van der Waals surface area (Å²) in [5.41, 5.74) is 0. The molecule has 1 saturated carbocycles. The first-order chi connectivity index (χ1) is 15.6. The zero-order valence-electron chi connectivity index (χ0n) is 21.9. The molecule has 1 N–H and O–H groups in total. The number of ketones is 1. The van der Waals surface area contributed by atoms with E-state index in [4.69, 9.17) is 9.47 Å². The van der Waals surface area contributed by atoms with Gasteiger partial charge >= 0.3 is 0 Å². The first-order valence-corrected chi connectivity index (χ1v) is 12.9. The van der Waals surface area contributed by atoms with E-state index in [0.717, 1.165) is 32.1 Å². The number of nitrogens with one attached hydrogen (secondary N) is 1. The van der Waals surface area contributed by atoms with E-state index in [-0.39, 0.29) is 37.2 Å². The lowest BCUT2D eigenvalue weighted by molar-refractivity contribution is -0.134. The van der Waals surface area contributed by atoms with Crippen LogP contribution in [-0.4, -0.2) is 67.6 Å². The van der Waals surface area contributed by atoms with Gasteiger partial charge in [-0.25, -0.2) is 0 Å². The van der Waals surface area contributed by atoms with Gasteiger partial charge in [0.25, 0.3) is 0 Å². The minimum absolute atomic E-state index is 0. The first-order valence-electron chi connectivity index (χ1n) is 12.9. The third-order valence-electron chi connectivity index (χ3n) is 6.55.